The summed E-state index contributed by atoms with van der Waals surface area (Å²) in [6.07, 6.45) is 3.76. The Hall–Kier alpha value is -2.79. The first-order valence-corrected chi connectivity index (χ1v) is 8.96. The first-order chi connectivity index (χ1) is 12.7. The van der Waals surface area contributed by atoms with E-state index in [1.165, 1.54) is 0 Å². The van der Waals surface area contributed by atoms with Crippen molar-refractivity contribution in [3.63, 3.8) is 0 Å². The smallest absolute Gasteiger partial charge is 0.178 e. The molecule has 4 rings (SSSR count). The molecule has 26 heavy (non-hydrogen) atoms. The number of ketones is 1. The summed E-state index contributed by atoms with van der Waals surface area (Å²) in [5.41, 5.74) is 1.50. The maximum absolute atomic E-state index is 12.7. The van der Waals surface area contributed by atoms with Gasteiger partial charge in [0.15, 0.2) is 5.78 Å². The van der Waals surface area contributed by atoms with Gasteiger partial charge in [-0.3, -0.25) is 9.69 Å². The summed E-state index contributed by atoms with van der Waals surface area (Å²) in [4.78, 5) is 18.0. The molecule has 2 heterocycles. The number of piperidine rings is 1. The quantitative estimate of drug-likeness (QED) is 0.690. The summed E-state index contributed by atoms with van der Waals surface area (Å²) in [7, 11) is 0. The number of ether oxygens (including phenoxy) is 1. The van der Waals surface area contributed by atoms with Gasteiger partial charge in [0, 0.05) is 35.8 Å². The van der Waals surface area contributed by atoms with E-state index < -0.39 is 0 Å². The predicted octanol–water partition coefficient (Wildman–Crippen LogP) is 3.60. The number of hydrogen-bond acceptors (Lipinski definition) is 4. The molecule has 1 saturated heterocycles. The Labute approximate surface area is 152 Å². The maximum atomic E-state index is 12.7. The molecule has 2 N–H and O–H groups in total. The Balaban J connectivity index is 1.35. The molecule has 134 valence electrons. The van der Waals surface area contributed by atoms with E-state index in [2.05, 4.69) is 9.88 Å². The highest BCUT2D eigenvalue weighted by Gasteiger charge is 2.23. The number of aromatic hydroxyl groups is 1. The van der Waals surface area contributed by atoms with E-state index in [0.717, 1.165) is 42.6 Å². The number of carbonyl (C=O) groups excluding carboxylic acids is 1. The first kappa shape index (κ1) is 16.7. The number of phenols is 1. The SMILES string of the molecule is O=C(CN1CCC(Oc2ccccc2)CC1)c1c[nH]c2ccc(O)cc12. The number of phenolic OH excluding ortho intramolecular Hbond substituents is 1. The Bertz CT molecular complexity index is 896. The van der Waals surface area contributed by atoms with Gasteiger partial charge in [-0.05, 0) is 43.2 Å². The number of aromatic amines is 1. The van der Waals surface area contributed by atoms with E-state index in [4.69, 9.17) is 4.74 Å². The van der Waals surface area contributed by atoms with Crippen LogP contribution >= 0.6 is 0 Å². The van der Waals surface area contributed by atoms with Gasteiger partial charge in [-0.25, -0.2) is 0 Å². The number of benzene rings is 2. The Morgan fingerprint density at radius 3 is 2.69 bits per heavy atom. The largest absolute Gasteiger partial charge is 0.508 e. The number of carbonyl (C=O) groups is 1. The zero-order valence-corrected chi connectivity index (χ0v) is 14.5. The molecule has 0 unspecified atom stereocenters. The second kappa shape index (κ2) is 7.22. The van der Waals surface area contributed by atoms with Crippen molar-refractivity contribution in [3.05, 3.63) is 60.3 Å². The minimum absolute atomic E-state index is 0.0734. The third-order valence-corrected chi connectivity index (χ3v) is 4.91. The molecule has 2 aromatic carbocycles. The number of rotatable bonds is 5. The Morgan fingerprint density at radius 2 is 1.92 bits per heavy atom. The predicted molar refractivity (Wildman–Crippen MR) is 101 cm³/mol. The van der Waals surface area contributed by atoms with Gasteiger partial charge in [0.25, 0.3) is 0 Å². The monoisotopic (exact) mass is 350 g/mol. The minimum atomic E-state index is 0.0734. The Kier molecular flexibility index (Phi) is 4.63. The van der Waals surface area contributed by atoms with E-state index in [-0.39, 0.29) is 17.6 Å². The molecule has 1 aliphatic heterocycles. The van der Waals surface area contributed by atoms with Gasteiger partial charge in [0.05, 0.1) is 6.54 Å². The molecule has 5 heteroatoms. The number of Topliss-reactive ketones (excluding diaryl/α,β-unsaturated/α-hetero) is 1. The van der Waals surface area contributed by atoms with Crippen molar-refractivity contribution in [3.8, 4) is 11.5 Å². The third kappa shape index (κ3) is 3.58. The van der Waals surface area contributed by atoms with Crippen LogP contribution in [0.4, 0.5) is 0 Å². The molecule has 1 aliphatic rings. The summed E-state index contributed by atoms with van der Waals surface area (Å²) in [5, 5.41) is 10.5. The van der Waals surface area contributed by atoms with Crippen molar-refractivity contribution in [2.45, 2.75) is 18.9 Å². The second-order valence-electron chi connectivity index (χ2n) is 6.76. The lowest BCUT2D eigenvalue weighted by Gasteiger charge is -2.31. The lowest BCUT2D eigenvalue weighted by molar-refractivity contribution is 0.0792. The molecule has 0 radical (unpaired) electrons. The maximum Gasteiger partial charge on any atom is 0.178 e. The zero-order valence-electron chi connectivity index (χ0n) is 14.5. The standard InChI is InChI=1S/C21H22N2O3/c24-15-6-7-20-18(12-15)19(13-22-20)21(25)14-23-10-8-17(9-11-23)26-16-4-2-1-3-5-16/h1-7,12-13,17,22,24H,8-11,14H2. The summed E-state index contributed by atoms with van der Waals surface area (Å²) >= 11 is 0. The number of fused-ring (bicyclic) bond motifs is 1. The van der Waals surface area contributed by atoms with Crippen molar-refractivity contribution < 1.29 is 14.6 Å². The summed E-state index contributed by atoms with van der Waals surface area (Å²) in [6, 6.07) is 14.9. The van der Waals surface area contributed by atoms with Crippen LogP contribution < -0.4 is 4.74 Å². The molecule has 0 atom stereocenters. The number of para-hydroxylation sites is 1. The van der Waals surface area contributed by atoms with Gasteiger partial charge in [0.1, 0.15) is 17.6 Å². The number of H-pyrrole nitrogens is 1. The second-order valence-corrected chi connectivity index (χ2v) is 6.76. The number of nitrogens with zero attached hydrogens (tertiary/aromatic N) is 1. The summed E-state index contributed by atoms with van der Waals surface area (Å²) in [5.74, 6) is 1.15. The zero-order chi connectivity index (χ0) is 17.9. The molecule has 1 fully saturated rings. The van der Waals surface area contributed by atoms with Gasteiger partial charge in [-0.1, -0.05) is 18.2 Å². The van der Waals surface area contributed by atoms with E-state index in [9.17, 15) is 9.90 Å². The lowest BCUT2D eigenvalue weighted by Crippen LogP contribution is -2.40. The fourth-order valence-corrected chi connectivity index (χ4v) is 3.50. The van der Waals surface area contributed by atoms with Crippen LogP contribution in [0.3, 0.4) is 0 Å². The van der Waals surface area contributed by atoms with E-state index in [1.54, 1.807) is 24.4 Å². The highest BCUT2D eigenvalue weighted by atomic mass is 16.5. The fraction of sp³-hybridized carbons (Fsp3) is 0.286. The van der Waals surface area contributed by atoms with Crippen molar-refractivity contribution >= 4 is 16.7 Å². The van der Waals surface area contributed by atoms with E-state index in [1.807, 2.05) is 30.3 Å². The average Bonchev–Trinajstić information content (AvgIpc) is 3.07. The molecule has 3 aromatic rings. The van der Waals surface area contributed by atoms with Crippen LogP contribution in [0.25, 0.3) is 10.9 Å². The highest BCUT2D eigenvalue weighted by Crippen LogP contribution is 2.24. The van der Waals surface area contributed by atoms with Crippen molar-refractivity contribution in [1.82, 2.24) is 9.88 Å². The van der Waals surface area contributed by atoms with E-state index in [0.29, 0.717) is 12.1 Å². The Morgan fingerprint density at radius 1 is 1.15 bits per heavy atom. The van der Waals surface area contributed by atoms with E-state index >= 15 is 0 Å². The van der Waals surface area contributed by atoms with Crippen LogP contribution in [0, 0.1) is 0 Å². The van der Waals surface area contributed by atoms with Crippen LogP contribution in [0.2, 0.25) is 0 Å². The van der Waals surface area contributed by atoms with Crippen molar-refractivity contribution in [2.24, 2.45) is 0 Å². The molecule has 0 bridgehead atoms. The average molecular weight is 350 g/mol. The van der Waals surface area contributed by atoms with Gasteiger partial charge >= 0.3 is 0 Å². The summed E-state index contributed by atoms with van der Waals surface area (Å²) < 4.78 is 6.01. The fourth-order valence-electron chi connectivity index (χ4n) is 3.50. The van der Waals surface area contributed by atoms with Gasteiger partial charge in [-0.15, -0.1) is 0 Å². The topological polar surface area (TPSA) is 65.6 Å². The minimum Gasteiger partial charge on any atom is -0.508 e. The number of aromatic nitrogens is 1. The number of nitrogens with one attached hydrogen (secondary N) is 1. The van der Waals surface area contributed by atoms with Crippen LogP contribution in [-0.2, 0) is 0 Å². The van der Waals surface area contributed by atoms with Gasteiger partial charge in [0.2, 0.25) is 0 Å². The third-order valence-electron chi connectivity index (χ3n) is 4.91. The highest BCUT2D eigenvalue weighted by molar-refractivity contribution is 6.09. The van der Waals surface area contributed by atoms with Crippen molar-refractivity contribution in [1.29, 1.82) is 0 Å². The molecule has 5 nitrogen and oxygen atoms in total. The lowest BCUT2D eigenvalue weighted by atomic mass is 10.1. The molecule has 1 aromatic heterocycles. The molecule has 0 saturated carbocycles. The number of likely N-dealkylation sites (tertiary alicyclic amines) is 1. The van der Waals surface area contributed by atoms with Crippen LogP contribution in [0.15, 0.2) is 54.7 Å². The van der Waals surface area contributed by atoms with Crippen LogP contribution in [0.1, 0.15) is 23.2 Å². The molecule has 0 amide bonds. The van der Waals surface area contributed by atoms with Crippen molar-refractivity contribution in [2.75, 3.05) is 19.6 Å². The first-order valence-electron chi connectivity index (χ1n) is 8.96. The molecule has 0 aliphatic carbocycles. The summed E-state index contributed by atoms with van der Waals surface area (Å²) in [6.45, 7) is 2.08. The molecule has 0 spiro atoms. The molecular weight excluding hydrogens is 328 g/mol. The van der Waals surface area contributed by atoms with Crippen LogP contribution in [0.5, 0.6) is 11.5 Å². The normalized spacial score (nSPS) is 16.0. The number of hydrogen-bond donors (Lipinski definition) is 2. The molecular formula is C21H22N2O3. The van der Waals surface area contributed by atoms with Gasteiger partial charge in [-0.2, -0.15) is 0 Å². The van der Waals surface area contributed by atoms with Gasteiger partial charge < -0.3 is 14.8 Å². The van der Waals surface area contributed by atoms with Crippen LogP contribution in [-0.4, -0.2) is 46.5 Å².